The molecule has 0 spiro atoms. The highest BCUT2D eigenvalue weighted by molar-refractivity contribution is 5.95. The van der Waals surface area contributed by atoms with E-state index < -0.39 is 0 Å². The highest BCUT2D eigenvalue weighted by Gasteiger charge is 2.17. The minimum Gasteiger partial charge on any atom is -0.494 e. The predicted octanol–water partition coefficient (Wildman–Crippen LogP) is 1.32. The minimum atomic E-state index is -0.152. The minimum absolute atomic E-state index is 0.152. The molecular weight excluding hydrogens is 192 g/mol. The van der Waals surface area contributed by atoms with Crippen molar-refractivity contribution >= 4 is 12.0 Å². The van der Waals surface area contributed by atoms with E-state index in [1.54, 1.807) is 7.11 Å². The summed E-state index contributed by atoms with van der Waals surface area (Å²) < 4.78 is 5.07. The van der Waals surface area contributed by atoms with Crippen LogP contribution in [0.3, 0.4) is 0 Å². The Labute approximate surface area is 87.6 Å². The Bertz CT molecular complexity index is 455. The van der Waals surface area contributed by atoms with Crippen molar-refractivity contribution in [3.05, 3.63) is 41.1 Å². The molecule has 0 radical (unpaired) electrons. The Hall–Kier alpha value is -1.97. The number of hydrogen-bond donors (Lipinski definition) is 2. The van der Waals surface area contributed by atoms with Crippen molar-refractivity contribution in [2.24, 2.45) is 0 Å². The summed E-state index contributed by atoms with van der Waals surface area (Å²) in [6.07, 6.45) is 3.27. The van der Waals surface area contributed by atoms with E-state index in [9.17, 15) is 4.79 Å². The first-order valence-corrected chi connectivity index (χ1v) is 4.63. The van der Waals surface area contributed by atoms with Crippen LogP contribution in [0.4, 0.5) is 0 Å². The van der Waals surface area contributed by atoms with E-state index >= 15 is 0 Å². The van der Waals surface area contributed by atoms with Crippen LogP contribution in [-0.2, 0) is 9.53 Å². The summed E-state index contributed by atoms with van der Waals surface area (Å²) in [6.45, 7) is 1.97. The molecule has 0 bridgehead atoms. The molecule has 78 valence electrons. The highest BCUT2D eigenvalue weighted by Crippen LogP contribution is 2.17. The summed E-state index contributed by atoms with van der Waals surface area (Å²) in [7, 11) is 1.54. The Morgan fingerprint density at radius 3 is 2.80 bits per heavy atom. The Balaban J connectivity index is 2.28. The van der Waals surface area contributed by atoms with Crippen molar-refractivity contribution in [3.63, 3.8) is 0 Å². The third kappa shape index (κ3) is 1.93. The second kappa shape index (κ2) is 3.65. The average molecular weight is 204 g/mol. The number of aromatic nitrogens is 1. The van der Waals surface area contributed by atoms with Crippen molar-refractivity contribution in [1.82, 2.24) is 10.3 Å². The second-order valence-electron chi connectivity index (χ2n) is 3.36. The molecule has 2 N–H and O–H groups in total. The lowest BCUT2D eigenvalue weighted by Gasteiger charge is -2.02. The molecule has 0 saturated carbocycles. The van der Waals surface area contributed by atoms with Gasteiger partial charge in [-0.15, -0.1) is 0 Å². The maximum absolute atomic E-state index is 11.1. The molecule has 0 aliphatic carbocycles. The van der Waals surface area contributed by atoms with Crippen molar-refractivity contribution < 1.29 is 9.53 Å². The average Bonchev–Trinajstić information content (AvgIpc) is 2.73. The van der Waals surface area contributed by atoms with Gasteiger partial charge in [-0.05, 0) is 25.1 Å². The van der Waals surface area contributed by atoms with Gasteiger partial charge in [0.05, 0.1) is 12.8 Å². The van der Waals surface area contributed by atoms with Crippen LogP contribution < -0.4 is 5.32 Å². The maximum Gasteiger partial charge on any atom is 0.252 e. The summed E-state index contributed by atoms with van der Waals surface area (Å²) in [6, 6.07) is 3.92. The first-order valence-electron chi connectivity index (χ1n) is 4.63. The van der Waals surface area contributed by atoms with E-state index in [1.807, 2.05) is 25.1 Å². The third-order valence-corrected chi connectivity index (χ3v) is 2.16. The van der Waals surface area contributed by atoms with Crippen LogP contribution in [-0.4, -0.2) is 18.0 Å². The van der Waals surface area contributed by atoms with Crippen LogP contribution in [0, 0.1) is 6.92 Å². The molecular formula is C11H12N2O2. The first-order chi connectivity index (χ1) is 7.19. The molecule has 2 rings (SSSR count). The predicted molar refractivity (Wildman–Crippen MR) is 56.7 cm³/mol. The van der Waals surface area contributed by atoms with Crippen molar-refractivity contribution in [2.45, 2.75) is 6.92 Å². The number of hydrogen-bond acceptors (Lipinski definition) is 2. The number of H-pyrrole nitrogens is 1. The Kier molecular flexibility index (Phi) is 2.33. The molecule has 1 aromatic heterocycles. The van der Waals surface area contributed by atoms with E-state index in [0.717, 1.165) is 11.4 Å². The summed E-state index contributed by atoms with van der Waals surface area (Å²) in [5.74, 6) is 0.411. The number of carbonyl (C=O) groups excluding carboxylic acids is 1. The Morgan fingerprint density at radius 1 is 1.40 bits per heavy atom. The summed E-state index contributed by atoms with van der Waals surface area (Å²) in [5, 5.41) is 2.70. The Morgan fingerprint density at radius 2 is 2.20 bits per heavy atom. The van der Waals surface area contributed by atoms with Gasteiger partial charge in [-0.3, -0.25) is 4.79 Å². The van der Waals surface area contributed by atoms with Crippen molar-refractivity contribution in [1.29, 1.82) is 0 Å². The zero-order valence-corrected chi connectivity index (χ0v) is 8.63. The maximum atomic E-state index is 11.1. The number of aryl methyl sites for hydroxylation is 1. The number of rotatable bonds is 2. The van der Waals surface area contributed by atoms with Crippen LogP contribution in [0.25, 0.3) is 6.08 Å². The van der Waals surface area contributed by atoms with Crippen LogP contribution in [0.1, 0.15) is 11.4 Å². The number of aromatic amines is 1. The molecule has 0 atom stereocenters. The van der Waals surface area contributed by atoms with Gasteiger partial charge in [-0.2, -0.15) is 0 Å². The lowest BCUT2D eigenvalue weighted by Crippen LogP contribution is -2.13. The van der Waals surface area contributed by atoms with Gasteiger partial charge < -0.3 is 15.0 Å². The molecule has 1 aromatic rings. The van der Waals surface area contributed by atoms with Gasteiger partial charge in [0.15, 0.2) is 0 Å². The standard InChI is InChI=1S/C11H12N2O2/c1-7-3-4-8(12-7)5-9-10(15-2)6-11(14)13-9/h3-6,12H,1-2H3,(H,13,14). The fraction of sp³-hybridized carbons (Fsp3) is 0.182. The van der Waals surface area contributed by atoms with Gasteiger partial charge in [0.2, 0.25) is 0 Å². The second-order valence-corrected chi connectivity index (χ2v) is 3.36. The van der Waals surface area contributed by atoms with Gasteiger partial charge in [-0.1, -0.05) is 0 Å². The molecule has 1 aliphatic heterocycles. The number of ether oxygens (including phenoxy) is 1. The molecule has 0 fully saturated rings. The van der Waals surface area contributed by atoms with Gasteiger partial charge in [0, 0.05) is 17.5 Å². The summed E-state index contributed by atoms with van der Waals surface area (Å²) >= 11 is 0. The quantitative estimate of drug-likeness (QED) is 0.763. The molecule has 0 unspecified atom stereocenters. The molecule has 1 amide bonds. The number of nitrogens with one attached hydrogen (secondary N) is 2. The summed E-state index contributed by atoms with van der Waals surface area (Å²) in [4.78, 5) is 14.3. The smallest absolute Gasteiger partial charge is 0.252 e. The van der Waals surface area contributed by atoms with Gasteiger partial charge in [-0.25, -0.2) is 0 Å². The lowest BCUT2D eigenvalue weighted by molar-refractivity contribution is -0.115. The molecule has 0 aromatic carbocycles. The molecule has 1 aliphatic rings. The molecule has 4 heteroatoms. The van der Waals surface area contributed by atoms with Crippen LogP contribution in [0.15, 0.2) is 29.7 Å². The van der Waals surface area contributed by atoms with Gasteiger partial charge >= 0.3 is 0 Å². The largest absolute Gasteiger partial charge is 0.494 e. The molecule has 4 nitrogen and oxygen atoms in total. The zero-order chi connectivity index (χ0) is 10.8. The van der Waals surface area contributed by atoms with Crippen molar-refractivity contribution in [2.75, 3.05) is 7.11 Å². The van der Waals surface area contributed by atoms with E-state index in [-0.39, 0.29) is 5.91 Å². The molecule has 2 heterocycles. The van der Waals surface area contributed by atoms with E-state index in [0.29, 0.717) is 11.5 Å². The number of carbonyl (C=O) groups is 1. The highest BCUT2D eigenvalue weighted by atomic mass is 16.5. The first kappa shape index (κ1) is 9.58. The van der Waals surface area contributed by atoms with E-state index in [2.05, 4.69) is 10.3 Å². The summed E-state index contributed by atoms with van der Waals surface area (Å²) in [5.41, 5.74) is 2.70. The number of amides is 1. The van der Waals surface area contributed by atoms with E-state index in [1.165, 1.54) is 6.08 Å². The van der Waals surface area contributed by atoms with Gasteiger partial charge in [0.25, 0.3) is 5.91 Å². The third-order valence-electron chi connectivity index (χ3n) is 2.16. The van der Waals surface area contributed by atoms with Crippen LogP contribution in [0.5, 0.6) is 0 Å². The van der Waals surface area contributed by atoms with E-state index in [4.69, 9.17) is 4.74 Å². The normalized spacial score (nSPS) is 17.9. The lowest BCUT2D eigenvalue weighted by atomic mass is 10.3. The SMILES string of the molecule is COC1=CC(=O)NC1=Cc1ccc(C)[nH]1. The monoisotopic (exact) mass is 204 g/mol. The topological polar surface area (TPSA) is 54.1 Å². The van der Waals surface area contributed by atoms with Crippen LogP contribution in [0.2, 0.25) is 0 Å². The fourth-order valence-corrected chi connectivity index (χ4v) is 1.47. The fourth-order valence-electron chi connectivity index (χ4n) is 1.47. The molecule has 0 saturated heterocycles. The van der Waals surface area contributed by atoms with Crippen LogP contribution >= 0.6 is 0 Å². The molecule has 15 heavy (non-hydrogen) atoms. The van der Waals surface area contributed by atoms with Gasteiger partial charge in [0.1, 0.15) is 5.76 Å². The number of methoxy groups -OCH3 is 1. The zero-order valence-electron chi connectivity index (χ0n) is 8.63. The van der Waals surface area contributed by atoms with Crippen molar-refractivity contribution in [3.8, 4) is 0 Å².